The number of anilines is 1. The Labute approximate surface area is 111 Å². The van der Waals surface area contributed by atoms with Gasteiger partial charge in [-0.15, -0.1) is 11.3 Å². The number of aryl methyl sites for hydroxylation is 1. The van der Waals surface area contributed by atoms with Gasteiger partial charge in [-0.05, 0) is 36.4 Å². The van der Waals surface area contributed by atoms with Crippen molar-refractivity contribution in [3.8, 4) is 0 Å². The van der Waals surface area contributed by atoms with E-state index in [1.165, 1.54) is 4.88 Å². The summed E-state index contributed by atoms with van der Waals surface area (Å²) in [5.74, 6) is 0. The molecule has 1 N–H and O–H groups in total. The van der Waals surface area contributed by atoms with Gasteiger partial charge in [0.05, 0.1) is 11.7 Å². The number of rotatable bonds is 4. The van der Waals surface area contributed by atoms with Crippen molar-refractivity contribution < 1.29 is 0 Å². The van der Waals surface area contributed by atoms with Crippen molar-refractivity contribution in [1.29, 1.82) is 0 Å². The molecule has 90 valence electrons. The normalized spacial score (nSPS) is 12.4. The summed E-state index contributed by atoms with van der Waals surface area (Å²) in [6, 6.07) is 6.55. The first-order valence-electron chi connectivity index (χ1n) is 5.62. The molecule has 0 saturated carbocycles. The number of halogens is 1. The van der Waals surface area contributed by atoms with Gasteiger partial charge in [0.1, 0.15) is 0 Å². The molecule has 0 radical (unpaired) electrons. The highest BCUT2D eigenvalue weighted by atomic mass is 35.5. The largest absolute Gasteiger partial charge is 0.375 e. The number of aromatic nitrogens is 1. The zero-order valence-corrected chi connectivity index (χ0v) is 11.5. The quantitative estimate of drug-likeness (QED) is 0.814. The number of pyridine rings is 1. The first kappa shape index (κ1) is 12.4. The average molecular weight is 267 g/mol. The predicted molar refractivity (Wildman–Crippen MR) is 75.0 cm³/mol. The van der Waals surface area contributed by atoms with Gasteiger partial charge < -0.3 is 5.32 Å². The third-order valence-electron chi connectivity index (χ3n) is 2.60. The predicted octanol–water partition coefficient (Wildman–Crippen LogP) is 4.67. The summed E-state index contributed by atoms with van der Waals surface area (Å²) >= 11 is 7.85. The van der Waals surface area contributed by atoms with E-state index in [9.17, 15) is 0 Å². The summed E-state index contributed by atoms with van der Waals surface area (Å²) in [6.45, 7) is 4.18. The minimum atomic E-state index is 0.302. The van der Waals surface area contributed by atoms with Crippen LogP contribution in [0.2, 0.25) is 5.15 Å². The molecule has 0 aliphatic rings. The van der Waals surface area contributed by atoms with Crippen LogP contribution in [0.3, 0.4) is 0 Å². The molecule has 0 amide bonds. The van der Waals surface area contributed by atoms with E-state index >= 15 is 0 Å². The molecule has 0 aliphatic heterocycles. The second-order valence-corrected chi connectivity index (χ2v) is 5.31. The van der Waals surface area contributed by atoms with Crippen LogP contribution in [0.4, 0.5) is 5.69 Å². The van der Waals surface area contributed by atoms with Crippen LogP contribution in [-0.4, -0.2) is 4.98 Å². The maximum atomic E-state index is 6.09. The number of nitrogens with one attached hydrogen (secondary N) is 1. The number of thiophene rings is 1. The molecule has 2 heterocycles. The lowest BCUT2D eigenvalue weighted by Crippen LogP contribution is -2.09. The van der Waals surface area contributed by atoms with Gasteiger partial charge in [0.15, 0.2) is 5.15 Å². The van der Waals surface area contributed by atoms with Crippen LogP contribution in [0.25, 0.3) is 0 Å². The van der Waals surface area contributed by atoms with Gasteiger partial charge in [-0.2, -0.15) is 0 Å². The molecule has 2 aromatic heterocycles. The average Bonchev–Trinajstić information content (AvgIpc) is 2.84. The zero-order valence-electron chi connectivity index (χ0n) is 9.90. The molecule has 4 heteroatoms. The standard InChI is InChI=1S/C13H15ClN2S/c1-3-10(12-5-4-6-17-12)16-11-7-9(2)8-15-13(11)14/h4-8,10,16H,3H2,1-2H3. The van der Waals surface area contributed by atoms with Crippen LogP contribution in [0.15, 0.2) is 29.8 Å². The molecule has 2 rings (SSSR count). The van der Waals surface area contributed by atoms with Crippen LogP contribution in [0.5, 0.6) is 0 Å². The minimum absolute atomic E-state index is 0.302. The van der Waals surface area contributed by atoms with E-state index in [2.05, 4.69) is 34.7 Å². The van der Waals surface area contributed by atoms with Crippen molar-refractivity contribution in [3.63, 3.8) is 0 Å². The molecular formula is C13H15ClN2S. The molecule has 17 heavy (non-hydrogen) atoms. The Morgan fingerprint density at radius 2 is 2.35 bits per heavy atom. The summed E-state index contributed by atoms with van der Waals surface area (Å²) in [4.78, 5) is 5.48. The van der Waals surface area contributed by atoms with Gasteiger partial charge in [-0.1, -0.05) is 24.6 Å². The molecule has 2 nitrogen and oxygen atoms in total. The highest BCUT2D eigenvalue weighted by Gasteiger charge is 2.12. The lowest BCUT2D eigenvalue weighted by molar-refractivity contribution is 0.763. The van der Waals surface area contributed by atoms with Crippen molar-refractivity contribution >= 4 is 28.6 Å². The first-order chi connectivity index (χ1) is 8.20. The van der Waals surface area contributed by atoms with E-state index in [1.54, 1.807) is 17.5 Å². The molecule has 0 aliphatic carbocycles. The molecule has 0 saturated heterocycles. The number of hydrogen-bond acceptors (Lipinski definition) is 3. The summed E-state index contributed by atoms with van der Waals surface area (Å²) in [7, 11) is 0. The monoisotopic (exact) mass is 266 g/mol. The summed E-state index contributed by atoms with van der Waals surface area (Å²) in [5.41, 5.74) is 2.02. The van der Waals surface area contributed by atoms with Crippen LogP contribution < -0.4 is 5.32 Å². The third-order valence-corrected chi connectivity index (χ3v) is 3.89. The van der Waals surface area contributed by atoms with E-state index in [-0.39, 0.29) is 0 Å². The Morgan fingerprint density at radius 1 is 1.53 bits per heavy atom. The van der Waals surface area contributed by atoms with Crippen molar-refractivity contribution in [2.45, 2.75) is 26.3 Å². The van der Waals surface area contributed by atoms with Crippen LogP contribution in [0.1, 0.15) is 29.8 Å². The van der Waals surface area contributed by atoms with Crippen LogP contribution in [-0.2, 0) is 0 Å². The van der Waals surface area contributed by atoms with Gasteiger partial charge in [-0.25, -0.2) is 4.98 Å². The minimum Gasteiger partial charge on any atom is -0.375 e. The van der Waals surface area contributed by atoms with Gasteiger partial charge in [0.2, 0.25) is 0 Å². The van der Waals surface area contributed by atoms with Crippen molar-refractivity contribution in [2.24, 2.45) is 0 Å². The van der Waals surface area contributed by atoms with Gasteiger partial charge >= 0.3 is 0 Å². The lowest BCUT2D eigenvalue weighted by atomic mass is 10.1. The SMILES string of the molecule is CCC(Nc1cc(C)cnc1Cl)c1cccs1. The maximum Gasteiger partial charge on any atom is 0.152 e. The van der Waals surface area contributed by atoms with Crippen molar-refractivity contribution in [3.05, 3.63) is 45.4 Å². The van der Waals surface area contributed by atoms with E-state index in [4.69, 9.17) is 11.6 Å². The van der Waals surface area contributed by atoms with Crippen molar-refractivity contribution in [2.75, 3.05) is 5.32 Å². The molecule has 0 fully saturated rings. The Bertz CT molecular complexity index is 482. The van der Waals surface area contributed by atoms with Crippen molar-refractivity contribution in [1.82, 2.24) is 4.98 Å². The molecule has 0 aromatic carbocycles. The van der Waals surface area contributed by atoms with Gasteiger partial charge in [0.25, 0.3) is 0 Å². The van der Waals surface area contributed by atoms with E-state index < -0.39 is 0 Å². The summed E-state index contributed by atoms with van der Waals surface area (Å²) in [5, 5.41) is 6.08. The number of hydrogen-bond donors (Lipinski definition) is 1. The topological polar surface area (TPSA) is 24.9 Å². The molecular weight excluding hydrogens is 252 g/mol. The summed E-state index contributed by atoms with van der Waals surface area (Å²) < 4.78 is 0. The third kappa shape index (κ3) is 2.99. The van der Waals surface area contributed by atoms with Crippen LogP contribution in [0, 0.1) is 6.92 Å². The molecule has 1 unspecified atom stereocenters. The highest BCUT2D eigenvalue weighted by molar-refractivity contribution is 7.10. The lowest BCUT2D eigenvalue weighted by Gasteiger charge is -2.17. The molecule has 1 atom stereocenters. The number of nitrogens with zero attached hydrogens (tertiary/aromatic N) is 1. The maximum absolute atomic E-state index is 6.09. The molecule has 0 spiro atoms. The fourth-order valence-electron chi connectivity index (χ4n) is 1.71. The van der Waals surface area contributed by atoms with E-state index in [0.717, 1.165) is 17.7 Å². The van der Waals surface area contributed by atoms with Gasteiger partial charge in [-0.3, -0.25) is 0 Å². The Hall–Kier alpha value is -1.06. The molecule has 0 bridgehead atoms. The summed E-state index contributed by atoms with van der Waals surface area (Å²) in [6.07, 6.45) is 2.80. The Morgan fingerprint density at radius 3 is 3.00 bits per heavy atom. The zero-order chi connectivity index (χ0) is 12.3. The van der Waals surface area contributed by atoms with E-state index in [1.807, 2.05) is 13.0 Å². The smallest absolute Gasteiger partial charge is 0.152 e. The van der Waals surface area contributed by atoms with Gasteiger partial charge in [0, 0.05) is 11.1 Å². The van der Waals surface area contributed by atoms with E-state index in [0.29, 0.717) is 11.2 Å². The van der Waals surface area contributed by atoms with Crippen LogP contribution >= 0.6 is 22.9 Å². The second-order valence-electron chi connectivity index (χ2n) is 3.97. The Balaban J connectivity index is 2.21. The first-order valence-corrected chi connectivity index (χ1v) is 6.88. The highest BCUT2D eigenvalue weighted by Crippen LogP contribution is 2.29. The second kappa shape index (κ2) is 5.52. The Kier molecular flexibility index (Phi) is 4.02. The fourth-order valence-corrected chi connectivity index (χ4v) is 2.72. The molecule has 2 aromatic rings. The fraction of sp³-hybridized carbons (Fsp3) is 0.308.